The predicted molar refractivity (Wildman–Crippen MR) is 25.1 cm³/mol. The van der Waals surface area contributed by atoms with Crippen LogP contribution in [0.2, 0.25) is 0 Å². The molecule has 0 bridgehead atoms. The molecule has 0 spiro atoms. The van der Waals surface area contributed by atoms with E-state index in [1.165, 1.54) is 0 Å². The molecule has 0 saturated heterocycles. The number of halogens is 1. The van der Waals surface area contributed by atoms with E-state index in [4.69, 9.17) is 11.4 Å². The molecule has 0 saturated carbocycles. The minimum Gasteiger partial charge on any atom is -0.218 e. The zero-order valence-electron chi connectivity index (χ0n) is 5.40. The van der Waals surface area contributed by atoms with Crippen molar-refractivity contribution >= 4 is 0 Å². The first kappa shape index (κ1) is 13.0. The van der Waals surface area contributed by atoms with E-state index >= 15 is 0 Å². The molecule has 0 aliphatic rings. The monoisotopic (exact) mass is 215 g/mol. The van der Waals surface area contributed by atoms with Crippen molar-refractivity contribution in [1.82, 2.24) is 0 Å². The van der Waals surface area contributed by atoms with Crippen molar-refractivity contribution in [3.05, 3.63) is 30.6 Å². The van der Waals surface area contributed by atoms with Crippen molar-refractivity contribution in [3.63, 3.8) is 0 Å². The number of pyridine rings is 1. The molecule has 11 heavy (non-hydrogen) atoms. The molecule has 0 radical (unpaired) electrons. The Kier molecular flexibility index (Phi) is 11.1. The number of rotatable bonds is 0. The second-order valence-corrected chi connectivity index (χ2v) is 1.92. The summed E-state index contributed by atoms with van der Waals surface area (Å²) in [6.45, 7) is 0. The van der Waals surface area contributed by atoms with Gasteiger partial charge in [0.15, 0.2) is 12.4 Å². The summed E-state index contributed by atoms with van der Waals surface area (Å²) in [5.74, 6) is 0. The standard InChI is InChI=1S/C5H5N.ClH.Cr.3O/c1-2-4-6-5-3-1;;;;;/h1-5H;1H;;;;. The van der Waals surface area contributed by atoms with Gasteiger partial charge in [-0.3, -0.25) is 0 Å². The fraction of sp³-hybridized carbons (Fsp3) is 0. The Morgan fingerprint density at radius 2 is 1.27 bits per heavy atom. The third-order valence-corrected chi connectivity index (χ3v) is 0.607. The van der Waals surface area contributed by atoms with Crippen molar-refractivity contribution < 1.29 is 42.8 Å². The van der Waals surface area contributed by atoms with Crippen molar-refractivity contribution in [2.45, 2.75) is 0 Å². The number of nitrogens with one attached hydrogen (secondary N) is 1. The van der Waals surface area contributed by atoms with Gasteiger partial charge >= 0.3 is 25.4 Å². The van der Waals surface area contributed by atoms with Gasteiger partial charge in [0, 0.05) is 12.1 Å². The Morgan fingerprint density at radius 3 is 1.36 bits per heavy atom. The van der Waals surface area contributed by atoms with E-state index in [1.54, 1.807) is 0 Å². The fourth-order valence-corrected chi connectivity index (χ4v) is 0.342. The first-order valence-corrected chi connectivity index (χ1v) is 3.97. The molecular weight excluding hydrogens is 210 g/mol. The Morgan fingerprint density at radius 1 is 0.909 bits per heavy atom. The van der Waals surface area contributed by atoms with E-state index in [0.717, 1.165) is 0 Å². The molecular formula is C5H6ClCrNO3. The van der Waals surface area contributed by atoms with Crippen LogP contribution in [0.3, 0.4) is 0 Å². The normalized spacial score (nSPS) is 6.55. The predicted octanol–water partition coefficient (Wildman–Crippen LogP) is -2.85. The van der Waals surface area contributed by atoms with Crippen LogP contribution >= 0.6 is 0 Å². The molecule has 4 nitrogen and oxygen atoms in total. The van der Waals surface area contributed by atoms with Gasteiger partial charge < -0.3 is 12.4 Å². The smallest absolute Gasteiger partial charge is 0.166 e. The van der Waals surface area contributed by atoms with Gasteiger partial charge in [0.1, 0.15) is 0 Å². The average molecular weight is 216 g/mol. The van der Waals surface area contributed by atoms with Gasteiger partial charge in [-0.25, -0.2) is 4.98 Å². The van der Waals surface area contributed by atoms with E-state index in [2.05, 4.69) is 4.98 Å². The van der Waals surface area contributed by atoms with E-state index < -0.39 is 14.0 Å². The quantitative estimate of drug-likeness (QED) is 0.468. The summed E-state index contributed by atoms with van der Waals surface area (Å²) in [6, 6.07) is 5.86. The molecule has 0 aliphatic carbocycles. The topological polar surface area (TPSA) is 65.3 Å². The molecule has 1 N–H and O–H groups in total. The minimum absolute atomic E-state index is 0. The molecule has 0 unspecified atom stereocenters. The van der Waals surface area contributed by atoms with Crippen LogP contribution in [-0.4, -0.2) is 0 Å². The number of hydrogen-bond acceptors (Lipinski definition) is 3. The molecule has 1 aromatic heterocycles. The zero-order valence-corrected chi connectivity index (χ0v) is 7.43. The fourth-order valence-electron chi connectivity index (χ4n) is 0.342. The molecule has 0 aromatic carbocycles. The molecule has 1 rings (SSSR count). The van der Waals surface area contributed by atoms with Crippen molar-refractivity contribution in [2.75, 3.05) is 0 Å². The minimum atomic E-state index is -3.79. The van der Waals surface area contributed by atoms with Gasteiger partial charge in [0.25, 0.3) is 0 Å². The van der Waals surface area contributed by atoms with Gasteiger partial charge in [-0.05, 0) is 0 Å². The third kappa shape index (κ3) is 17.6. The first-order valence-electron chi connectivity index (χ1n) is 2.41. The number of hydrogen-bond donors (Lipinski definition) is 0. The maximum atomic E-state index is 8.54. The maximum absolute atomic E-state index is 8.54. The summed E-state index contributed by atoms with van der Waals surface area (Å²) in [4.78, 5) is 2.89. The summed E-state index contributed by atoms with van der Waals surface area (Å²) in [6.07, 6.45) is 3.75. The number of H-pyrrole nitrogens is 1. The molecule has 0 fully saturated rings. The van der Waals surface area contributed by atoms with Crippen LogP contribution in [0.1, 0.15) is 0 Å². The zero-order chi connectivity index (χ0) is 7.82. The van der Waals surface area contributed by atoms with Gasteiger partial charge in [-0.2, -0.15) is 0 Å². The summed E-state index contributed by atoms with van der Waals surface area (Å²) in [5, 5.41) is 0. The van der Waals surface area contributed by atoms with E-state index in [-0.39, 0.29) is 12.4 Å². The van der Waals surface area contributed by atoms with Crippen molar-refractivity contribution in [2.24, 2.45) is 0 Å². The number of aromatic nitrogens is 1. The van der Waals surface area contributed by atoms with Gasteiger partial charge in [0.05, 0.1) is 0 Å². The summed E-state index contributed by atoms with van der Waals surface area (Å²) in [7, 11) is 0. The maximum Gasteiger partial charge on any atom is 0.166 e. The largest absolute Gasteiger partial charge is 0.218 e. The Hall–Kier alpha value is -0.628. The van der Waals surface area contributed by atoms with Crippen LogP contribution in [0.5, 0.6) is 0 Å². The van der Waals surface area contributed by atoms with Crippen molar-refractivity contribution in [3.8, 4) is 0 Å². The molecule has 0 aliphatic heterocycles. The summed E-state index contributed by atoms with van der Waals surface area (Å²) in [5.41, 5.74) is 0. The van der Waals surface area contributed by atoms with Crippen LogP contribution in [0.25, 0.3) is 0 Å². The molecule has 62 valence electrons. The number of aromatic amines is 1. The first-order chi connectivity index (χ1) is 4.73. The molecule has 1 heterocycles. The van der Waals surface area contributed by atoms with Crippen molar-refractivity contribution in [1.29, 1.82) is 0 Å². The second kappa shape index (κ2) is 9.37. The van der Waals surface area contributed by atoms with Crippen LogP contribution in [-0.2, 0) is 25.4 Å². The molecule has 0 atom stereocenters. The van der Waals surface area contributed by atoms with Gasteiger partial charge in [-0.15, -0.1) is 0 Å². The molecule has 0 amide bonds. The summed E-state index contributed by atoms with van der Waals surface area (Å²) < 4.78 is 25.6. The molecule has 6 heteroatoms. The van der Waals surface area contributed by atoms with Crippen LogP contribution < -0.4 is 17.4 Å². The molecule has 1 aromatic rings. The van der Waals surface area contributed by atoms with Gasteiger partial charge in [-0.1, -0.05) is 6.07 Å². The SMILES string of the molecule is [Cl-].[O]=[Cr](=[O])=[O].c1cc[nH+]cc1. The second-order valence-electron chi connectivity index (χ2n) is 1.28. The van der Waals surface area contributed by atoms with Crippen LogP contribution in [0, 0.1) is 0 Å². The Bertz CT molecular complexity index is 225. The summed E-state index contributed by atoms with van der Waals surface area (Å²) >= 11 is -3.79. The van der Waals surface area contributed by atoms with E-state index in [1.807, 2.05) is 30.6 Å². The Balaban J connectivity index is 0. The van der Waals surface area contributed by atoms with Crippen LogP contribution in [0.4, 0.5) is 0 Å². The van der Waals surface area contributed by atoms with E-state index in [0.29, 0.717) is 0 Å². The average Bonchev–Trinajstić information content (AvgIpc) is 1.90. The van der Waals surface area contributed by atoms with Gasteiger partial charge in [0.2, 0.25) is 0 Å². The Labute approximate surface area is 73.7 Å². The van der Waals surface area contributed by atoms with Crippen LogP contribution in [0.15, 0.2) is 30.6 Å². The van der Waals surface area contributed by atoms with E-state index in [9.17, 15) is 0 Å². The third-order valence-electron chi connectivity index (χ3n) is 0.607.